The largest absolute Gasteiger partial charge is 0.245 e. The first-order chi connectivity index (χ1) is 4.84. The Morgan fingerprint density at radius 3 is 2.60 bits per heavy atom. The molecule has 0 spiro atoms. The Morgan fingerprint density at radius 2 is 2.00 bits per heavy atom. The van der Waals surface area contributed by atoms with E-state index in [1.807, 2.05) is 24.3 Å². The van der Waals surface area contributed by atoms with Gasteiger partial charge in [0.2, 0.25) is 0 Å². The lowest BCUT2D eigenvalue weighted by Crippen LogP contribution is -1.71. The molecule has 1 rings (SSSR count). The summed E-state index contributed by atoms with van der Waals surface area (Å²) in [4.78, 5) is 1.88. The van der Waals surface area contributed by atoms with E-state index in [0.717, 1.165) is 9.79 Å². The summed E-state index contributed by atoms with van der Waals surface area (Å²) in [6.07, 6.45) is 0. The third kappa shape index (κ3) is 2.12. The summed E-state index contributed by atoms with van der Waals surface area (Å²) in [5.41, 5.74) is 0. The van der Waals surface area contributed by atoms with Crippen LogP contribution in [0.25, 0.3) is 0 Å². The van der Waals surface area contributed by atoms with Crippen molar-refractivity contribution >= 4 is 37.6 Å². The maximum absolute atomic E-state index is 4.57. The SMILES string of the molecule is SOSc1ccccc1S. The Hall–Kier alpha value is 0.230. The molecule has 54 valence electrons. The number of hydrogen-bond donors (Lipinski definition) is 2. The number of benzene rings is 1. The zero-order valence-electron chi connectivity index (χ0n) is 5.02. The van der Waals surface area contributed by atoms with Gasteiger partial charge in [-0.15, -0.1) is 12.6 Å². The highest BCUT2D eigenvalue weighted by Gasteiger charge is 1.96. The molecule has 0 aliphatic heterocycles. The van der Waals surface area contributed by atoms with Crippen molar-refractivity contribution in [2.75, 3.05) is 0 Å². The van der Waals surface area contributed by atoms with Crippen molar-refractivity contribution in [1.82, 2.24) is 0 Å². The van der Waals surface area contributed by atoms with Gasteiger partial charge in [-0.1, -0.05) is 12.1 Å². The Kier molecular flexibility index (Phi) is 3.48. The number of thiol groups is 2. The molecule has 0 unspecified atom stereocenters. The fourth-order valence-electron chi connectivity index (χ4n) is 0.568. The van der Waals surface area contributed by atoms with Crippen LogP contribution in [0.4, 0.5) is 0 Å². The van der Waals surface area contributed by atoms with Gasteiger partial charge < -0.3 is 0 Å². The van der Waals surface area contributed by atoms with E-state index < -0.39 is 0 Å². The Labute approximate surface area is 75.4 Å². The monoisotopic (exact) mass is 190 g/mol. The van der Waals surface area contributed by atoms with E-state index in [1.165, 1.54) is 12.0 Å². The topological polar surface area (TPSA) is 9.23 Å². The highest BCUT2D eigenvalue weighted by Crippen LogP contribution is 2.26. The van der Waals surface area contributed by atoms with Crippen molar-refractivity contribution < 1.29 is 3.63 Å². The van der Waals surface area contributed by atoms with Crippen molar-refractivity contribution in [3.05, 3.63) is 24.3 Å². The fraction of sp³-hybridized carbons (Fsp3) is 0. The van der Waals surface area contributed by atoms with Crippen LogP contribution in [-0.4, -0.2) is 0 Å². The molecule has 0 amide bonds. The van der Waals surface area contributed by atoms with Crippen molar-refractivity contribution in [3.8, 4) is 0 Å². The Bertz CT molecular complexity index is 214. The molecule has 0 aliphatic carbocycles. The van der Waals surface area contributed by atoms with Gasteiger partial charge in [0.15, 0.2) is 0 Å². The summed E-state index contributed by atoms with van der Waals surface area (Å²) < 4.78 is 4.57. The molecule has 4 heteroatoms. The second kappa shape index (κ2) is 4.18. The maximum Gasteiger partial charge on any atom is 0.0499 e. The van der Waals surface area contributed by atoms with Crippen molar-refractivity contribution in [3.63, 3.8) is 0 Å². The van der Waals surface area contributed by atoms with Gasteiger partial charge in [0, 0.05) is 21.8 Å². The molecule has 0 fully saturated rings. The molecule has 0 aromatic heterocycles. The predicted molar refractivity (Wildman–Crippen MR) is 49.6 cm³/mol. The van der Waals surface area contributed by atoms with Gasteiger partial charge in [-0.25, -0.2) is 3.63 Å². The molecule has 0 bridgehead atoms. The normalized spacial score (nSPS) is 9.80. The van der Waals surface area contributed by atoms with E-state index in [-0.39, 0.29) is 0 Å². The van der Waals surface area contributed by atoms with Gasteiger partial charge in [0.1, 0.15) is 0 Å². The minimum absolute atomic E-state index is 0.904. The Morgan fingerprint density at radius 1 is 1.30 bits per heavy atom. The zero-order chi connectivity index (χ0) is 7.40. The van der Waals surface area contributed by atoms with Crippen LogP contribution in [0.1, 0.15) is 0 Å². The number of hydrogen-bond acceptors (Lipinski definition) is 4. The summed E-state index contributed by atoms with van der Waals surface area (Å²) in [5, 5.41) is 0. The van der Waals surface area contributed by atoms with E-state index in [1.54, 1.807) is 0 Å². The van der Waals surface area contributed by atoms with Crippen LogP contribution in [-0.2, 0) is 3.63 Å². The van der Waals surface area contributed by atoms with Crippen LogP contribution >= 0.6 is 37.6 Å². The molecule has 1 nitrogen and oxygen atoms in total. The highest BCUT2D eigenvalue weighted by molar-refractivity contribution is 8.01. The Balaban J connectivity index is 2.81. The quantitative estimate of drug-likeness (QED) is 0.548. The average Bonchev–Trinajstić information content (AvgIpc) is 1.94. The average molecular weight is 190 g/mol. The smallest absolute Gasteiger partial charge is 0.0499 e. The second-order valence-electron chi connectivity index (χ2n) is 1.63. The summed E-state index contributed by atoms with van der Waals surface area (Å²) >= 11 is 9.00. The van der Waals surface area contributed by atoms with Gasteiger partial charge in [0.05, 0.1) is 0 Å². The van der Waals surface area contributed by atoms with Crippen LogP contribution in [0, 0.1) is 0 Å². The number of rotatable bonds is 2. The van der Waals surface area contributed by atoms with Crippen molar-refractivity contribution in [1.29, 1.82) is 0 Å². The lowest BCUT2D eigenvalue weighted by Gasteiger charge is -1.98. The van der Waals surface area contributed by atoms with Crippen LogP contribution in [0.3, 0.4) is 0 Å². The van der Waals surface area contributed by atoms with Crippen molar-refractivity contribution in [2.45, 2.75) is 9.79 Å². The lowest BCUT2D eigenvalue weighted by atomic mass is 10.4. The van der Waals surface area contributed by atoms with E-state index in [4.69, 9.17) is 0 Å². The van der Waals surface area contributed by atoms with Gasteiger partial charge in [-0.3, -0.25) is 0 Å². The van der Waals surface area contributed by atoms with Crippen LogP contribution in [0.2, 0.25) is 0 Å². The summed E-state index contributed by atoms with van der Waals surface area (Å²) in [6.45, 7) is 0. The summed E-state index contributed by atoms with van der Waals surface area (Å²) in [6, 6.07) is 7.67. The first-order valence-electron chi connectivity index (χ1n) is 2.60. The first-order valence-corrected chi connectivity index (χ1v) is 4.16. The van der Waals surface area contributed by atoms with E-state index in [0.29, 0.717) is 0 Å². The molecule has 1 aromatic carbocycles. The molecule has 0 radical (unpaired) electrons. The van der Waals surface area contributed by atoms with E-state index >= 15 is 0 Å². The molecule has 1 aromatic rings. The molecule has 0 atom stereocenters. The molecule has 10 heavy (non-hydrogen) atoms. The van der Waals surface area contributed by atoms with Gasteiger partial charge in [0.25, 0.3) is 0 Å². The fourth-order valence-corrected chi connectivity index (χ4v) is 1.45. The molecule has 0 saturated heterocycles. The molecular formula is C6H6OS3. The molecule has 0 N–H and O–H groups in total. The molecular weight excluding hydrogens is 184 g/mol. The maximum atomic E-state index is 4.57. The molecule has 0 heterocycles. The minimum atomic E-state index is 0.904. The van der Waals surface area contributed by atoms with Crippen LogP contribution < -0.4 is 0 Å². The molecule has 0 aliphatic rings. The lowest BCUT2D eigenvalue weighted by molar-refractivity contribution is 0.770. The molecule has 0 saturated carbocycles. The summed E-state index contributed by atoms with van der Waals surface area (Å²) in [5.74, 6) is 0. The van der Waals surface area contributed by atoms with Crippen LogP contribution in [0.15, 0.2) is 34.1 Å². The highest BCUT2D eigenvalue weighted by atomic mass is 32.2. The predicted octanol–water partition coefficient (Wildman–Crippen LogP) is 2.84. The summed E-state index contributed by atoms with van der Waals surface area (Å²) in [7, 11) is 0. The third-order valence-electron chi connectivity index (χ3n) is 0.992. The van der Waals surface area contributed by atoms with Gasteiger partial charge >= 0.3 is 0 Å². The first kappa shape index (κ1) is 8.33. The van der Waals surface area contributed by atoms with E-state index in [9.17, 15) is 0 Å². The minimum Gasteiger partial charge on any atom is -0.245 e. The third-order valence-corrected chi connectivity index (χ3v) is 2.37. The zero-order valence-corrected chi connectivity index (χ0v) is 7.63. The van der Waals surface area contributed by atoms with Crippen molar-refractivity contribution in [2.24, 2.45) is 0 Å². The van der Waals surface area contributed by atoms with Crippen LogP contribution in [0.5, 0.6) is 0 Å². The van der Waals surface area contributed by atoms with E-state index in [2.05, 4.69) is 29.2 Å². The van der Waals surface area contributed by atoms with Gasteiger partial charge in [-0.05, 0) is 25.0 Å². The second-order valence-corrected chi connectivity index (χ2v) is 3.31. The standard InChI is InChI=1S/C6H6OS3/c8-5-3-1-2-4-6(5)10-7-9/h1-4,8-9H. The van der Waals surface area contributed by atoms with Gasteiger partial charge in [-0.2, -0.15) is 0 Å².